The van der Waals surface area contributed by atoms with Gasteiger partial charge in [0, 0.05) is 7.11 Å². The molecule has 7 unspecified atom stereocenters. The number of nitrogen functional groups attached to an aromatic ring is 2. The zero-order chi connectivity index (χ0) is 42.7. The van der Waals surface area contributed by atoms with Crippen LogP contribution in [0.2, 0.25) is 0 Å². The van der Waals surface area contributed by atoms with E-state index in [2.05, 4.69) is 42.6 Å². The van der Waals surface area contributed by atoms with E-state index in [9.17, 15) is 62.5 Å². The van der Waals surface area contributed by atoms with Crippen LogP contribution in [0.5, 0.6) is 0 Å². The molecule has 58 heavy (non-hydrogen) atoms. The van der Waals surface area contributed by atoms with Crippen molar-refractivity contribution in [1.82, 2.24) is 34.1 Å². The maximum atomic E-state index is 12.7. The summed E-state index contributed by atoms with van der Waals surface area (Å²) >= 11 is 0. The maximum Gasteiger partial charge on any atom is 0.490 e. The first-order chi connectivity index (χ1) is 26.9. The molecule has 2 aliphatic heterocycles. The molecule has 2 saturated heterocycles. The van der Waals surface area contributed by atoms with Crippen LogP contribution in [0.25, 0.3) is 22.3 Å². The minimum absolute atomic E-state index is 0.0878. The second-order valence-corrected chi connectivity index (χ2v) is 18.3. The molecular formula is C23H35N10O21P4+. The third-order valence-corrected chi connectivity index (χ3v) is 13.2. The number of hydrogen-bond donors (Lipinski definition) is 11. The van der Waals surface area contributed by atoms with Gasteiger partial charge in [0.05, 0.1) is 26.6 Å². The van der Waals surface area contributed by atoms with Crippen molar-refractivity contribution >= 4 is 65.5 Å². The first-order valence-corrected chi connectivity index (χ1v) is 22.0. The Morgan fingerprint density at radius 3 is 2.00 bits per heavy atom. The number of aliphatic hydroxyl groups is 2. The average Bonchev–Trinajstić information content (AvgIpc) is 3.81. The van der Waals surface area contributed by atoms with Gasteiger partial charge in [0.1, 0.15) is 49.3 Å². The monoisotopic (exact) mass is 911 g/mol. The van der Waals surface area contributed by atoms with Gasteiger partial charge in [0.25, 0.3) is 16.7 Å². The highest BCUT2D eigenvalue weighted by Gasteiger charge is 2.52. The fraction of sp³-hybridized carbons (Fsp3) is 0.565. The number of nitrogens with two attached hydrogens (primary N) is 2. The number of methoxy groups -OCH3 is 1. The van der Waals surface area contributed by atoms with Crippen LogP contribution >= 0.6 is 31.3 Å². The molecule has 0 saturated carbocycles. The maximum absolute atomic E-state index is 12.7. The summed E-state index contributed by atoms with van der Waals surface area (Å²) in [5, 5.41) is 21.1. The molecule has 0 spiro atoms. The van der Waals surface area contributed by atoms with Gasteiger partial charge in [-0.05, 0) is 0 Å². The van der Waals surface area contributed by atoms with Crippen molar-refractivity contribution in [2.45, 2.75) is 55.5 Å². The number of hydrogen-bond acceptors (Lipinski definition) is 21. The number of aromatic amines is 2. The fourth-order valence-electron chi connectivity index (χ4n) is 6.14. The highest BCUT2D eigenvalue weighted by Crippen LogP contribution is 2.68. The van der Waals surface area contributed by atoms with E-state index in [0.29, 0.717) is 0 Å². The summed E-state index contributed by atoms with van der Waals surface area (Å²) in [6, 6.07) is 0. The molecule has 0 radical (unpaired) electrons. The Bertz CT molecular complexity index is 2510. The molecule has 0 amide bonds. The lowest BCUT2D eigenvalue weighted by molar-refractivity contribution is -0.646. The highest BCUT2D eigenvalue weighted by atomic mass is 31.3. The number of nitrogens with one attached hydrogen (secondary N) is 2. The zero-order valence-electron chi connectivity index (χ0n) is 29.4. The van der Waals surface area contributed by atoms with Gasteiger partial charge in [-0.3, -0.25) is 37.7 Å². The Hall–Kier alpha value is -3.38. The van der Waals surface area contributed by atoms with Crippen LogP contribution in [0, 0.1) is 0 Å². The van der Waals surface area contributed by atoms with Crippen molar-refractivity contribution in [3.63, 3.8) is 0 Å². The van der Waals surface area contributed by atoms with E-state index in [0.717, 1.165) is 18.0 Å². The van der Waals surface area contributed by atoms with Crippen LogP contribution in [0.3, 0.4) is 0 Å². The van der Waals surface area contributed by atoms with Crippen molar-refractivity contribution in [2.75, 3.05) is 31.8 Å². The summed E-state index contributed by atoms with van der Waals surface area (Å²) in [6.45, 7) is -2.53. The van der Waals surface area contributed by atoms with Crippen LogP contribution in [0.1, 0.15) is 6.23 Å². The molecule has 6 rings (SSSR count). The Kier molecular flexibility index (Phi) is 12.4. The van der Waals surface area contributed by atoms with E-state index in [-0.39, 0.29) is 40.8 Å². The van der Waals surface area contributed by atoms with Gasteiger partial charge >= 0.3 is 36.9 Å². The minimum Gasteiger partial charge on any atom is -0.387 e. The molecule has 0 aromatic carbocycles. The molecule has 31 nitrogen and oxygen atoms in total. The summed E-state index contributed by atoms with van der Waals surface area (Å²) in [5.74, 6) is -0.567. The zero-order valence-corrected chi connectivity index (χ0v) is 32.9. The first-order valence-electron chi connectivity index (χ1n) is 16.0. The van der Waals surface area contributed by atoms with Gasteiger partial charge in [0.15, 0.2) is 17.4 Å². The summed E-state index contributed by atoms with van der Waals surface area (Å²) in [6.07, 6.45) is -10.4. The smallest absolute Gasteiger partial charge is 0.387 e. The molecular weight excluding hydrogens is 876 g/mol. The molecule has 35 heteroatoms. The van der Waals surface area contributed by atoms with Crippen LogP contribution in [-0.2, 0) is 68.3 Å². The van der Waals surface area contributed by atoms with Gasteiger partial charge in [-0.2, -0.15) is 18.6 Å². The summed E-state index contributed by atoms with van der Waals surface area (Å²) in [4.78, 5) is 90.5. The summed E-state index contributed by atoms with van der Waals surface area (Å²) in [5.41, 5.74) is 9.66. The molecule has 4 aromatic heterocycles. The van der Waals surface area contributed by atoms with Crippen LogP contribution < -0.4 is 27.2 Å². The van der Waals surface area contributed by atoms with Crippen LogP contribution in [0.15, 0.2) is 22.2 Å². The Morgan fingerprint density at radius 1 is 0.828 bits per heavy atom. The SMILES string of the molecule is COC1C(OP(=O)(O)O)[C@@H](COP(=O)(O)OP(=O)(O)OP(=O)(O)OC[C@H]2O[C@H](Cn3c[n+](C)c4c(=O)[nH]c(N)nc43)C(O)C2O)O[C@H]1n1cnc2c(=O)[nH]c(N)nc21. The lowest BCUT2D eigenvalue weighted by Crippen LogP contribution is -2.37. The van der Waals surface area contributed by atoms with Crippen molar-refractivity contribution in [2.24, 2.45) is 7.05 Å². The molecule has 11 atom stereocenters. The predicted octanol–water partition coefficient (Wildman–Crippen LogP) is -3.91. The number of phosphoric acid groups is 4. The Balaban J connectivity index is 1.08. The molecule has 0 bridgehead atoms. The number of aromatic nitrogens is 8. The molecule has 2 aliphatic rings. The van der Waals surface area contributed by atoms with Crippen LogP contribution in [0.4, 0.5) is 11.9 Å². The van der Waals surface area contributed by atoms with E-state index >= 15 is 0 Å². The second-order valence-electron chi connectivity index (χ2n) is 12.5. The number of rotatable bonds is 16. The van der Waals surface area contributed by atoms with E-state index in [1.54, 1.807) is 0 Å². The van der Waals surface area contributed by atoms with Gasteiger partial charge in [0.2, 0.25) is 18.2 Å². The number of anilines is 2. The van der Waals surface area contributed by atoms with Gasteiger partial charge < -0.3 is 60.4 Å². The van der Waals surface area contributed by atoms with Crippen molar-refractivity contribution in [3.05, 3.63) is 33.4 Å². The van der Waals surface area contributed by atoms with Crippen molar-refractivity contribution < 1.29 is 93.9 Å². The quantitative estimate of drug-likeness (QED) is 0.0378. The number of aryl methyl sites for hydroxylation is 1. The van der Waals surface area contributed by atoms with Gasteiger partial charge in [-0.15, -0.1) is 0 Å². The standard InChI is InChI=1S/C23H34N10O21P4/c1-31-7-32(18-12(31)20(37)30-23(25)28-18)3-8-13(34)14(35)9(50-8)4-48-56(41,42)53-58(45,46)54-57(43,44)49-5-10-15(52-55(38,39)40)16(47-2)21(51-10)33-6-26-11-17(33)27-22(24)29-19(11)36/h6-10,13-16,21,34-35H,3-5H2,1-2H3,(H10-,24,25,27,28,29,30,36,37,38,39,40,41,42,43,44,45,46)/p+1/t8-,9-,10-,13?,14?,15?,16?,21-/m1/s1. The van der Waals surface area contributed by atoms with E-state index in [1.165, 1.54) is 22.5 Å². The van der Waals surface area contributed by atoms with Crippen LogP contribution in [-0.4, -0.2) is 132 Å². The van der Waals surface area contributed by atoms with Crippen molar-refractivity contribution in [3.8, 4) is 0 Å². The summed E-state index contributed by atoms with van der Waals surface area (Å²) < 4.78 is 92.4. The lowest BCUT2D eigenvalue weighted by Gasteiger charge is -2.24. The molecule has 322 valence electrons. The normalized spacial score (nSPS) is 28.5. The topological polar surface area (TPSA) is 454 Å². The van der Waals surface area contributed by atoms with E-state index in [4.69, 9.17) is 30.2 Å². The third-order valence-electron chi connectivity index (χ3n) is 8.43. The molecule has 4 aromatic rings. The number of imidazole rings is 2. The number of nitrogens with zero attached hydrogens (tertiary/aromatic N) is 6. The average molecular weight is 911 g/mol. The number of ether oxygens (including phenoxy) is 3. The number of H-pyrrole nitrogens is 2. The Morgan fingerprint density at radius 2 is 1.40 bits per heavy atom. The largest absolute Gasteiger partial charge is 0.490 e. The minimum atomic E-state index is -6.09. The second kappa shape index (κ2) is 16.2. The van der Waals surface area contributed by atoms with E-state index in [1.807, 2.05) is 0 Å². The lowest BCUT2D eigenvalue weighted by atomic mass is 10.1. The number of aliphatic hydroxyl groups excluding tert-OH is 2. The molecule has 2 fully saturated rings. The van der Waals surface area contributed by atoms with Gasteiger partial charge in [-0.1, -0.05) is 0 Å². The predicted molar refractivity (Wildman–Crippen MR) is 184 cm³/mol. The number of fused-ring (bicyclic) bond motifs is 2. The highest BCUT2D eigenvalue weighted by molar-refractivity contribution is 7.66. The molecule has 13 N–H and O–H groups in total. The first kappa shape index (κ1) is 44.2. The molecule has 6 heterocycles. The van der Waals surface area contributed by atoms with Gasteiger partial charge in [-0.25, -0.2) is 32.4 Å². The fourth-order valence-corrected chi connectivity index (χ4v) is 10.2. The van der Waals surface area contributed by atoms with Crippen molar-refractivity contribution in [1.29, 1.82) is 0 Å². The number of phosphoric ester groups is 3. The Labute approximate surface area is 321 Å². The molecule has 0 aliphatic carbocycles. The van der Waals surface area contributed by atoms with E-state index < -0.39 is 105 Å². The third kappa shape index (κ3) is 9.64. The summed E-state index contributed by atoms with van der Waals surface area (Å²) in [7, 11) is -20.5.